The zero-order valence-electron chi connectivity index (χ0n) is 16.2. The molecule has 3 fully saturated rings. The third-order valence-corrected chi connectivity index (χ3v) is 7.35. The van der Waals surface area contributed by atoms with Gasteiger partial charge in [-0.3, -0.25) is 0 Å². The largest absolute Gasteiger partial charge is 0.240 e. The normalized spacial score (nSPS) is 43.8. The van der Waals surface area contributed by atoms with Crippen molar-refractivity contribution < 1.29 is 9.78 Å². The zero-order chi connectivity index (χ0) is 16.8. The molecular formula is C21H38O2. The number of hydrogen-bond donors (Lipinski definition) is 0. The van der Waals surface area contributed by atoms with Gasteiger partial charge >= 0.3 is 0 Å². The van der Waals surface area contributed by atoms with Gasteiger partial charge in [-0.2, -0.15) is 9.78 Å². The van der Waals surface area contributed by atoms with E-state index in [2.05, 4.69) is 41.5 Å². The lowest BCUT2D eigenvalue weighted by Gasteiger charge is -2.45. The molecule has 0 amide bonds. The summed E-state index contributed by atoms with van der Waals surface area (Å²) >= 11 is 0. The van der Waals surface area contributed by atoms with Crippen molar-refractivity contribution in [1.82, 2.24) is 0 Å². The summed E-state index contributed by atoms with van der Waals surface area (Å²) in [6, 6.07) is 0. The quantitative estimate of drug-likeness (QED) is 0.464. The summed E-state index contributed by atoms with van der Waals surface area (Å²) in [5.74, 6) is 5.58. The zero-order valence-corrected chi connectivity index (χ0v) is 16.2. The van der Waals surface area contributed by atoms with Crippen molar-refractivity contribution in [3.63, 3.8) is 0 Å². The maximum absolute atomic E-state index is 5.93. The van der Waals surface area contributed by atoms with E-state index in [0.29, 0.717) is 11.8 Å². The van der Waals surface area contributed by atoms with E-state index >= 15 is 0 Å². The van der Waals surface area contributed by atoms with Crippen LogP contribution in [0.25, 0.3) is 0 Å². The van der Waals surface area contributed by atoms with Gasteiger partial charge in [0, 0.05) is 11.8 Å². The third-order valence-electron chi connectivity index (χ3n) is 7.35. The Bertz CT molecular complexity index is 365. The van der Waals surface area contributed by atoms with Crippen molar-refractivity contribution in [3.8, 4) is 0 Å². The van der Waals surface area contributed by atoms with E-state index in [4.69, 9.17) is 9.78 Å². The molecule has 2 saturated carbocycles. The Morgan fingerprint density at radius 3 is 1.39 bits per heavy atom. The van der Waals surface area contributed by atoms with Gasteiger partial charge in [0.25, 0.3) is 0 Å². The first-order chi connectivity index (χ1) is 10.8. The minimum Gasteiger partial charge on any atom is -0.194 e. The highest BCUT2D eigenvalue weighted by molar-refractivity contribution is 5.01. The van der Waals surface area contributed by atoms with E-state index in [9.17, 15) is 0 Å². The molecule has 6 unspecified atom stereocenters. The van der Waals surface area contributed by atoms with Crippen LogP contribution in [0.15, 0.2) is 0 Å². The molecule has 2 aliphatic carbocycles. The molecule has 3 aliphatic rings. The summed E-state index contributed by atoms with van der Waals surface area (Å²) < 4.78 is 0. The van der Waals surface area contributed by atoms with Crippen molar-refractivity contribution in [2.75, 3.05) is 0 Å². The first-order valence-corrected chi connectivity index (χ1v) is 10.2. The second-order valence-electron chi connectivity index (χ2n) is 9.75. The van der Waals surface area contributed by atoms with Gasteiger partial charge in [-0.15, -0.1) is 0 Å². The Hall–Kier alpha value is -0.0800. The summed E-state index contributed by atoms with van der Waals surface area (Å²) in [7, 11) is 0. The molecular weight excluding hydrogens is 284 g/mol. The highest BCUT2D eigenvalue weighted by Gasteiger charge is 2.65. The summed E-state index contributed by atoms with van der Waals surface area (Å²) in [4.78, 5) is 11.9. The topological polar surface area (TPSA) is 25.1 Å². The van der Waals surface area contributed by atoms with Gasteiger partial charge in [-0.05, 0) is 61.2 Å². The Morgan fingerprint density at radius 2 is 1.09 bits per heavy atom. The molecule has 3 rings (SSSR count). The third kappa shape index (κ3) is 3.35. The van der Waals surface area contributed by atoms with Crippen LogP contribution >= 0.6 is 0 Å². The van der Waals surface area contributed by atoms with E-state index in [-0.39, 0.29) is 5.79 Å². The average Bonchev–Trinajstić information content (AvgIpc) is 3.28. The highest BCUT2D eigenvalue weighted by Crippen LogP contribution is 2.59. The molecule has 134 valence electrons. The lowest BCUT2D eigenvalue weighted by molar-refractivity contribution is -0.0242. The van der Waals surface area contributed by atoms with Crippen LogP contribution in [-0.2, 0) is 9.78 Å². The van der Waals surface area contributed by atoms with E-state index in [1.807, 2.05) is 0 Å². The van der Waals surface area contributed by atoms with Crippen LogP contribution < -0.4 is 0 Å². The van der Waals surface area contributed by atoms with Gasteiger partial charge < -0.3 is 0 Å². The standard InChI is InChI=1S/C21H38O2/c1-13(2)17-9-7-15(5)11-19(17)21(22-23-21)20-12-16(6)8-10-18(20)14(3)4/h13-20H,7-12H2,1-6H3. The van der Waals surface area contributed by atoms with Crippen LogP contribution in [0.5, 0.6) is 0 Å². The van der Waals surface area contributed by atoms with Crippen LogP contribution in [0.4, 0.5) is 0 Å². The minimum atomic E-state index is -0.243. The van der Waals surface area contributed by atoms with Gasteiger partial charge in [0.05, 0.1) is 0 Å². The van der Waals surface area contributed by atoms with Gasteiger partial charge in [-0.1, -0.05) is 54.4 Å². The molecule has 2 nitrogen and oxygen atoms in total. The van der Waals surface area contributed by atoms with E-state index in [1.54, 1.807) is 0 Å². The fraction of sp³-hybridized carbons (Fsp3) is 1.00. The Balaban J connectivity index is 1.86. The fourth-order valence-corrected chi connectivity index (χ4v) is 5.90. The van der Waals surface area contributed by atoms with Crippen LogP contribution in [0.1, 0.15) is 80.1 Å². The average molecular weight is 323 g/mol. The van der Waals surface area contributed by atoms with Crippen molar-refractivity contribution in [2.24, 2.45) is 47.3 Å². The van der Waals surface area contributed by atoms with Crippen molar-refractivity contribution in [1.29, 1.82) is 0 Å². The second kappa shape index (κ2) is 6.67. The van der Waals surface area contributed by atoms with E-state index in [1.165, 1.54) is 38.5 Å². The lowest BCUT2D eigenvalue weighted by Crippen LogP contribution is -2.47. The molecule has 0 spiro atoms. The molecule has 0 aromatic carbocycles. The molecule has 0 N–H and O–H groups in total. The van der Waals surface area contributed by atoms with Gasteiger partial charge in [0.1, 0.15) is 0 Å². The summed E-state index contributed by atoms with van der Waals surface area (Å²) in [6.45, 7) is 14.4. The second-order valence-corrected chi connectivity index (χ2v) is 9.75. The molecule has 23 heavy (non-hydrogen) atoms. The number of rotatable bonds is 4. The summed E-state index contributed by atoms with van der Waals surface area (Å²) in [5.41, 5.74) is 0. The van der Waals surface area contributed by atoms with Gasteiger partial charge in [0.2, 0.25) is 5.79 Å². The molecule has 1 aliphatic heterocycles. The SMILES string of the molecule is CC1CCC(C(C)C)C(C2(C3CC(C)CCC3C(C)C)OO2)C1. The predicted octanol–water partition coefficient (Wildman–Crippen LogP) is 6.06. The Labute approximate surface area is 143 Å². The Morgan fingerprint density at radius 1 is 0.696 bits per heavy atom. The highest BCUT2D eigenvalue weighted by atomic mass is 17.4. The molecule has 0 bridgehead atoms. The summed E-state index contributed by atoms with van der Waals surface area (Å²) in [6.07, 6.45) is 8.05. The first-order valence-electron chi connectivity index (χ1n) is 10.2. The van der Waals surface area contributed by atoms with Crippen LogP contribution in [-0.4, -0.2) is 5.79 Å². The van der Waals surface area contributed by atoms with Crippen molar-refractivity contribution >= 4 is 0 Å². The minimum absolute atomic E-state index is 0.243. The molecule has 1 saturated heterocycles. The van der Waals surface area contributed by atoms with Crippen LogP contribution in [0, 0.1) is 47.3 Å². The Kier molecular flexibility index (Phi) is 5.14. The van der Waals surface area contributed by atoms with Gasteiger partial charge in [0.15, 0.2) is 0 Å². The molecule has 0 radical (unpaired) electrons. The molecule has 1 heterocycles. The van der Waals surface area contributed by atoms with Crippen LogP contribution in [0.2, 0.25) is 0 Å². The fourth-order valence-electron chi connectivity index (χ4n) is 5.90. The monoisotopic (exact) mass is 322 g/mol. The van der Waals surface area contributed by atoms with Crippen LogP contribution in [0.3, 0.4) is 0 Å². The van der Waals surface area contributed by atoms with Crippen molar-refractivity contribution in [3.05, 3.63) is 0 Å². The number of hydrogen-bond acceptors (Lipinski definition) is 2. The van der Waals surface area contributed by atoms with Gasteiger partial charge in [-0.25, -0.2) is 0 Å². The smallest absolute Gasteiger partial charge is 0.194 e. The van der Waals surface area contributed by atoms with Crippen molar-refractivity contribution in [2.45, 2.75) is 85.9 Å². The molecule has 0 aromatic rings. The molecule has 2 heteroatoms. The molecule has 0 aromatic heterocycles. The summed E-state index contributed by atoms with van der Waals surface area (Å²) in [5, 5.41) is 0. The molecule has 6 atom stereocenters. The predicted molar refractivity (Wildman–Crippen MR) is 94.6 cm³/mol. The van der Waals surface area contributed by atoms with E-state index in [0.717, 1.165) is 35.5 Å². The maximum atomic E-state index is 5.93. The lowest BCUT2D eigenvalue weighted by atomic mass is 9.59. The first kappa shape index (κ1) is 17.7. The van der Waals surface area contributed by atoms with E-state index < -0.39 is 0 Å². The maximum Gasteiger partial charge on any atom is 0.240 e.